The lowest BCUT2D eigenvalue weighted by Gasteiger charge is -2.07. The van der Waals surface area contributed by atoms with Crippen molar-refractivity contribution in [2.24, 2.45) is 7.05 Å². The quantitative estimate of drug-likeness (QED) is 0.667. The van der Waals surface area contributed by atoms with E-state index in [9.17, 15) is 17.4 Å². The maximum atomic E-state index is 12.5. The Hall–Kier alpha value is -2.00. The van der Waals surface area contributed by atoms with Crippen LogP contribution in [0.2, 0.25) is 0 Å². The molecular weight excluding hydrogens is 371 g/mol. The normalized spacial score (nSPS) is 13.1. The summed E-state index contributed by atoms with van der Waals surface area (Å²) >= 11 is 1.45. The van der Waals surface area contributed by atoms with Crippen LogP contribution in [0, 0.1) is 0 Å². The molecule has 3 rings (SSSR count). The summed E-state index contributed by atoms with van der Waals surface area (Å²) in [6, 6.07) is 4.75. The van der Waals surface area contributed by atoms with E-state index in [1.54, 1.807) is 10.9 Å². The molecule has 0 fully saturated rings. The topological polar surface area (TPSA) is 47.8 Å². The molecule has 0 bridgehead atoms. The zero-order valence-corrected chi connectivity index (χ0v) is 14.8. The molecule has 0 N–H and O–H groups in total. The second-order valence-electron chi connectivity index (χ2n) is 5.47. The molecule has 0 radical (unpaired) electrons. The first-order chi connectivity index (χ1) is 11.8. The summed E-state index contributed by atoms with van der Waals surface area (Å²) in [5.74, 6) is 0.454. The molecule has 1 unspecified atom stereocenters. The summed E-state index contributed by atoms with van der Waals surface area (Å²) in [4.78, 5) is 4.45. The van der Waals surface area contributed by atoms with Crippen LogP contribution >= 0.6 is 11.3 Å². The molecule has 2 heterocycles. The lowest BCUT2D eigenvalue weighted by molar-refractivity contribution is -0.137. The van der Waals surface area contributed by atoms with Gasteiger partial charge in [-0.3, -0.25) is 8.89 Å². The number of aryl methyl sites for hydroxylation is 1. The highest BCUT2D eigenvalue weighted by Gasteiger charge is 2.29. The first-order valence-corrected chi connectivity index (χ1v) is 9.62. The highest BCUT2D eigenvalue weighted by molar-refractivity contribution is 7.83. The SMILES string of the molecule is Cn1cc(-c2nc(CS(=O)Cc3ccc(C(F)(F)F)cc3)cs2)cn1. The minimum atomic E-state index is -4.36. The Morgan fingerprint density at radius 3 is 2.52 bits per heavy atom. The third-order valence-electron chi connectivity index (χ3n) is 3.42. The minimum absolute atomic E-state index is 0.192. The molecule has 0 aliphatic rings. The molecular formula is C16H14F3N3OS2. The smallest absolute Gasteiger partial charge is 0.275 e. The van der Waals surface area contributed by atoms with Crippen LogP contribution in [0.4, 0.5) is 13.2 Å². The molecule has 3 aromatic rings. The second-order valence-corrected chi connectivity index (χ2v) is 7.78. The predicted molar refractivity (Wildman–Crippen MR) is 91.3 cm³/mol. The van der Waals surface area contributed by atoms with E-state index in [4.69, 9.17) is 0 Å². The van der Waals surface area contributed by atoms with E-state index in [2.05, 4.69) is 10.1 Å². The molecule has 4 nitrogen and oxygen atoms in total. The fourth-order valence-corrected chi connectivity index (χ4v) is 4.27. The van der Waals surface area contributed by atoms with Gasteiger partial charge in [-0.2, -0.15) is 18.3 Å². The van der Waals surface area contributed by atoms with Gasteiger partial charge in [-0.05, 0) is 17.7 Å². The third kappa shape index (κ3) is 4.55. The molecule has 0 aliphatic carbocycles. The summed E-state index contributed by atoms with van der Waals surface area (Å²) in [6.07, 6.45) is -0.801. The monoisotopic (exact) mass is 385 g/mol. The minimum Gasteiger partial charge on any atom is -0.275 e. The predicted octanol–water partition coefficient (Wildman–Crippen LogP) is 4.01. The van der Waals surface area contributed by atoms with Gasteiger partial charge in [0, 0.05) is 40.7 Å². The van der Waals surface area contributed by atoms with Gasteiger partial charge in [0.2, 0.25) is 0 Å². The van der Waals surface area contributed by atoms with Crippen molar-refractivity contribution in [2.75, 3.05) is 0 Å². The van der Waals surface area contributed by atoms with E-state index in [0.29, 0.717) is 11.3 Å². The van der Waals surface area contributed by atoms with E-state index in [1.807, 2.05) is 18.6 Å². The number of alkyl halides is 3. The third-order valence-corrected chi connectivity index (χ3v) is 5.63. The lowest BCUT2D eigenvalue weighted by atomic mass is 10.1. The molecule has 132 valence electrons. The molecule has 1 atom stereocenters. The van der Waals surface area contributed by atoms with E-state index < -0.39 is 22.5 Å². The van der Waals surface area contributed by atoms with E-state index in [1.165, 1.54) is 23.5 Å². The van der Waals surface area contributed by atoms with Crippen LogP contribution in [0.5, 0.6) is 0 Å². The van der Waals surface area contributed by atoms with E-state index >= 15 is 0 Å². The van der Waals surface area contributed by atoms with Crippen molar-refractivity contribution >= 4 is 22.1 Å². The first-order valence-electron chi connectivity index (χ1n) is 7.26. The van der Waals surface area contributed by atoms with Gasteiger partial charge in [0.25, 0.3) is 0 Å². The summed E-state index contributed by atoms with van der Waals surface area (Å²) < 4.78 is 51.6. The van der Waals surface area contributed by atoms with Gasteiger partial charge in [0.15, 0.2) is 0 Å². The van der Waals surface area contributed by atoms with Crippen molar-refractivity contribution in [3.05, 3.63) is 58.9 Å². The van der Waals surface area contributed by atoms with Crippen LogP contribution in [-0.4, -0.2) is 19.0 Å². The maximum Gasteiger partial charge on any atom is 0.416 e. The number of halogens is 3. The molecule has 0 aliphatic heterocycles. The summed E-state index contributed by atoms with van der Waals surface area (Å²) in [5, 5.41) is 6.73. The Balaban J connectivity index is 1.62. The Morgan fingerprint density at radius 2 is 1.92 bits per heavy atom. The Labute approximate surface area is 148 Å². The van der Waals surface area contributed by atoms with Crippen LogP contribution in [-0.2, 0) is 35.5 Å². The average Bonchev–Trinajstić information content (AvgIpc) is 3.15. The number of benzene rings is 1. The number of rotatable bonds is 5. The maximum absolute atomic E-state index is 12.5. The van der Waals surface area contributed by atoms with Crippen molar-refractivity contribution in [1.29, 1.82) is 0 Å². The largest absolute Gasteiger partial charge is 0.416 e. The fourth-order valence-electron chi connectivity index (χ4n) is 2.23. The molecule has 9 heteroatoms. The second kappa shape index (κ2) is 7.09. The Bertz CT molecular complexity index is 885. The van der Waals surface area contributed by atoms with E-state index in [0.717, 1.165) is 22.7 Å². The Kier molecular flexibility index (Phi) is 5.05. The Morgan fingerprint density at radius 1 is 1.20 bits per heavy atom. The number of nitrogens with zero attached hydrogens (tertiary/aromatic N) is 3. The van der Waals surface area contributed by atoms with Gasteiger partial charge in [-0.15, -0.1) is 11.3 Å². The van der Waals surface area contributed by atoms with Gasteiger partial charge in [-0.1, -0.05) is 12.1 Å². The molecule has 1 aromatic carbocycles. The summed E-state index contributed by atoms with van der Waals surface area (Å²) in [7, 11) is 0.571. The zero-order valence-electron chi connectivity index (χ0n) is 13.2. The standard InChI is InChI=1S/C16H14F3N3OS2/c1-22-7-12(6-20-22)15-21-14(8-24-15)10-25(23)9-11-2-4-13(5-3-11)16(17,18)19/h2-8H,9-10H2,1H3. The van der Waals surface area contributed by atoms with Gasteiger partial charge < -0.3 is 0 Å². The van der Waals surface area contributed by atoms with Crippen molar-refractivity contribution in [2.45, 2.75) is 17.7 Å². The molecule has 0 saturated carbocycles. The van der Waals surface area contributed by atoms with Crippen molar-refractivity contribution in [3.63, 3.8) is 0 Å². The summed E-state index contributed by atoms with van der Waals surface area (Å²) in [5.41, 5.74) is 1.50. The fraction of sp³-hybridized carbons (Fsp3) is 0.250. The van der Waals surface area contributed by atoms with Gasteiger partial charge in [0.1, 0.15) is 5.01 Å². The molecule has 25 heavy (non-hydrogen) atoms. The number of hydrogen-bond acceptors (Lipinski definition) is 4. The van der Waals surface area contributed by atoms with Crippen LogP contribution in [0.25, 0.3) is 10.6 Å². The number of hydrogen-bond donors (Lipinski definition) is 0. The molecule has 0 saturated heterocycles. The van der Waals surface area contributed by atoms with Gasteiger partial charge >= 0.3 is 6.18 Å². The number of thiazole rings is 1. The van der Waals surface area contributed by atoms with Crippen LogP contribution in [0.15, 0.2) is 42.0 Å². The van der Waals surface area contributed by atoms with Crippen LogP contribution < -0.4 is 0 Å². The highest BCUT2D eigenvalue weighted by Crippen LogP contribution is 2.29. The first kappa shape index (κ1) is 17.8. The van der Waals surface area contributed by atoms with Gasteiger partial charge in [0.05, 0.1) is 23.2 Å². The number of aromatic nitrogens is 3. The van der Waals surface area contributed by atoms with Crippen LogP contribution in [0.1, 0.15) is 16.8 Å². The highest BCUT2D eigenvalue weighted by atomic mass is 32.2. The van der Waals surface area contributed by atoms with E-state index in [-0.39, 0.29) is 11.5 Å². The van der Waals surface area contributed by atoms with Crippen LogP contribution in [0.3, 0.4) is 0 Å². The van der Waals surface area contributed by atoms with Crippen molar-refractivity contribution in [3.8, 4) is 10.6 Å². The average molecular weight is 385 g/mol. The zero-order chi connectivity index (χ0) is 18.0. The van der Waals surface area contributed by atoms with Gasteiger partial charge in [-0.25, -0.2) is 4.98 Å². The molecule has 2 aromatic heterocycles. The summed E-state index contributed by atoms with van der Waals surface area (Å²) in [6.45, 7) is 0. The lowest BCUT2D eigenvalue weighted by Crippen LogP contribution is -2.05. The molecule has 0 amide bonds. The van der Waals surface area contributed by atoms with Crippen molar-refractivity contribution in [1.82, 2.24) is 14.8 Å². The van der Waals surface area contributed by atoms with Crippen molar-refractivity contribution < 1.29 is 17.4 Å². The molecule has 0 spiro atoms.